The Morgan fingerprint density at radius 3 is 2.47 bits per heavy atom. The lowest BCUT2D eigenvalue weighted by Gasteiger charge is -2.17. The van der Waals surface area contributed by atoms with Crippen LogP contribution < -0.4 is 10.2 Å². The molecule has 3 aromatic rings. The second kappa shape index (κ2) is 10.2. The fourth-order valence-electron chi connectivity index (χ4n) is 4.11. The molecule has 0 spiro atoms. The number of Topliss-reactive ketones (excluding diaryl/α,β-unsaturated/α-hetero) is 1. The molecule has 182 valence electrons. The number of fused-ring (bicyclic) bond motifs is 1. The summed E-state index contributed by atoms with van der Waals surface area (Å²) in [4.78, 5) is 36.4. The van der Waals surface area contributed by atoms with Gasteiger partial charge in [-0.2, -0.15) is 0 Å². The summed E-state index contributed by atoms with van der Waals surface area (Å²) in [6.45, 7) is 4.68. The summed E-state index contributed by atoms with van der Waals surface area (Å²) in [7, 11) is 1.99. The quantitative estimate of drug-likeness (QED) is 0.299. The molecular formula is C28H26N4O2S2. The predicted octanol–water partition coefficient (Wildman–Crippen LogP) is 6.50. The summed E-state index contributed by atoms with van der Waals surface area (Å²) in [6, 6.07) is 23.5. The number of nitrogens with one attached hydrogen (secondary N) is 1. The molecule has 1 fully saturated rings. The van der Waals surface area contributed by atoms with E-state index in [4.69, 9.17) is 4.99 Å². The number of rotatable bonds is 6. The zero-order valence-electron chi connectivity index (χ0n) is 20.3. The molecule has 6 nitrogen and oxygen atoms in total. The number of para-hydroxylation sites is 1. The summed E-state index contributed by atoms with van der Waals surface area (Å²) in [5.41, 5.74) is 4.15. The van der Waals surface area contributed by atoms with E-state index < -0.39 is 0 Å². The van der Waals surface area contributed by atoms with Crippen LogP contribution in [0.2, 0.25) is 0 Å². The van der Waals surface area contributed by atoms with Gasteiger partial charge in [0.2, 0.25) is 0 Å². The van der Waals surface area contributed by atoms with Crippen molar-refractivity contribution in [1.29, 1.82) is 0 Å². The number of benzene rings is 3. The maximum atomic E-state index is 13.8. The average Bonchev–Trinajstić information content (AvgIpc) is 3.37. The Bertz CT molecular complexity index is 1400. The molecule has 0 atom stereocenters. The van der Waals surface area contributed by atoms with Crippen molar-refractivity contribution in [3.63, 3.8) is 0 Å². The van der Waals surface area contributed by atoms with Gasteiger partial charge < -0.3 is 10.2 Å². The highest BCUT2D eigenvalue weighted by molar-refractivity contribution is 8.19. The Morgan fingerprint density at radius 1 is 1.00 bits per heavy atom. The zero-order chi connectivity index (χ0) is 25.2. The van der Waals surface area contributed by atoms with Crippen molar-refractivity contribution in [3.8, 4) is 0 Å². The molecule has 1 saturated heterocycles. The first-order valence-corrected chi connectivity index (χ1v) is 13.4. The number of thioether (sulfide) groups is 2. The van der Waals surface area contributed by atoms with Crippen LogP contribution in [0.1, 0.15) is 29.8 Å². The van der Waals surface area contributed by atoms with E-state index in [0.717, 1.165) is 26.9 Å². The number of hydrogen-bond donors (Lipinski definition) is 1. The van der Waals surface area contributed by atoms with Crippen LogP contribution in [0.4, 0.5) is 17.1 Å². The average molecular weight is 515 g/mol. The Balaban J connectivity index is 1.60. The molecule has 0 bridgehead atoms. The summed E-state index contributed by atoms with van der Waals surface area (Å²) in [6.07, 6.45) is 0. The van der Waals surface area contributed by atoms with Crippen LogP contribution in [0, 0.1) is 0 Å². The highest BCUT2D eigenvalue weighted by Gasteiger charge is 2.39. The van der Waals surface area contributed by atoms with Gasteiger partial charge in [0.05, 0.1) is 28.6 Å². The summed E-state index contributed by atoms with van der Waals surface area (Å²) >= 11 is 2.99. The van der Waals surface area contributed by atoms with Gasteiger partial charge in [0, 0.05) is 24.1 Å². The highest BCUT2D eigenvalue weighted by atomic mass is 32.2. The van der Waals surface area contributed by atoms with E-state index >= 15 is 0 Å². The van der Waals surface area contributed by atoms with Crippen LogP contribution in [0.3, 0.4) is 0 Å². The third-order valence-corrected chi connectivity index (χ3v) is 8.40. The van der Waals surface area contributed by atoms with E-state index in [1.54, 1.807) is 35.7 Å². The minimum Gasteiger partial charge on any atom is -0.384 e. The number of amidine groups is 1. The van der Waals surface area contributed by atoms with Crippen LogP contribution in [0.15, 0.2) is 92.6 Å². The lowest BCUT2D eigenvalue weighted by atomic mass is 10.1. The normalized spacial score (nSPS) is 18.2. The first-order valence-electron chi connectivity index (χ1n) is 11.7. The molecule has 0 aromatic heterocycles. The molecule has 1 N–H and O–H groups in total. The molecule has 0 aliphatic carbocycles. The smallest absolute Gasteiger partial charge is 0.269 e. The van der Waals surface area contributed by atoms with Crippen molar-refractivity contribution in [3.05, 3.63) is 93.9 Å². The van der Waals surface area contributed by atoms with E-state index in [0.29, 0.717) is 34.4 Å². The van der Waals surface area contributed by atoms with E-state index in [1.165, 1.54) is 11.8 Å². The molecule has 0 saturated carbocycles. The minimum absolute atomic E-state index is 0.0275. The van der Waals surface area contributed by atoms with E-state index in [2.05, 4.69) is 22.3 Å². The lowest BCUT2D eigenvalue weighted by Crippen LogP contribution is -2.29. The third kappa shape index (κ3) is 4.66. The van der Waals surface area contributed by atoms with Gasteiger partial charge in [-0.15, -0.1) is 0 Å². The number of carbonyl (C=O) groups excluding carboxylic acids is 2. The maximum absolute atomic E-state index is 13.8. The van der Waals surface area contributed by atoms with Crippen molar-refractivity contribution in [1.82, 2.24) is 4.90 Å². The fraction of sp³-hybridized carbons (Fsp3) is 0.179. The second-order valence-corrected chi connectivity index (χ2v) is 10.5. The van der Waals surface area contributed by atoms with Crippen LogP contribution in [0.5, 0.6) is 0 Å². The van der Waals surface area contributed by atoms with Gasteiger partial charge in [-0.3, -0.25) is 14.5 Å². The van der Waals surface area contributed by atoms with Gasteiger partial charge in [0.1, 0.15) is 4.91 Å². The van der Waals surface area contributed by atoms with Gasteiger partial charge in [0.15, 0.2) is 11.0 Å². The largest absolute Gasteiger partial charge is 0.384 e. The van der Waals surface area contributed by atoms with Crippen molar-refractivity contribution in [2.45, 2.75) is 25.3 Å². The van der Waals surface area contributed by atoms with Crippen LogP contribution in [0.25, 0.3) is 0 Å². The predicted molar refractivity (Wildman–Crippen MR) is 150 cm³/mol. The molecule has 36 heavy (non-hydrogen) atoms. The molecule has 2 heterocycles. The molecule has 2 aliphatic heterocycles. The van der Waals surface area contributed by atoms with Crippen molar-refractivity contribution in [2.24, 2.45) is 4.99 Å². The van der Waals surface area contributed by atoms with Crippen LogP contribution >= 0.6 is 23.5 Å². The van der Waals surface area contributed by atoms with Crippen molar-refractivity contribution >= 4 is 57.4 Å². The number of nitrogens with zero attached hydrogens (tertiary/aromatic N) is 3. The zero-order valence-corrected chi connectivity index (χ0v) is 22.0. The lowest BCUT2D eigenvalue weighted by molar-refractivity contribution is -0.122. The van der Waals surface area contributed by atoms with Crippen molar-refractivity contribution < 1.29 is 9.59 Å². The van der Waals surface area contributed by atoms with Crippen molar-refractivity contribution in [2.75, 3.05) is 23.8 Å². The minimum atomic E-state index is -0.0718. The number of carbonyl (C=O) groups is 2. The van der Waals surface area contributed by atoms with Gasteiger partial charge in [0.25, 0.3) is 5.91 Å². The number of aliphatic imine (C=N–C) groups is 1. The van der Waals surface area contributed by atoms with Gasteiger partial charge in [-0.1, -0.05) is 54.2 Å². The molecule has 0 radical (unpaired) electrons. The SMILES string of the molecule is CCNc1ccc(C(C)=O)cc1N=C1S/C(=C2\Sc3ccccc3N2C)C(=O)N1Cc1ccccc1. The van der Waals surface area contributed by atoms with Crippen LogP contribution in [-0.4, -0.2) is 35.4 Å². The second-order valence-electron chi connectivity index (χ2n) is 8.45. The first-order chi connectivity index (χ1) is 17.5. The Hall–Kier alpha value is -3.49. The van der Waals surface area contributed by atoms with E-state index in [1.807, 2.05) is 62.5 Å². The fourth-order valence-corrected chi connectivity index (χ4v) is 6.45. The highest BCUT2D eigenvalue weighted by Crippen LogP contribution is 2.50. The molecule has 3 aromatic carbocycles. The van der Waals surface area contributed by atoms with E-state index in [9.17, 15) is 9.59 Å². The van der Waals surface area contributed by atoms with Crippen LogP contribution in [-0.2, 0) is 11.3 Å². The van der Waals surface area contributed by atoms with Gasteiger partial charge in [-0.05, 0) is 61.5 Å². The van der Waals surface area contributed by atoms with Gasteiger partial charge >= 0.3 is 0 Å². The monoisotopic (exact) mass is 514 g/mol. The van der Waals surface area contributed by atoms with Gasteiger partial charge in [-0.25, -0.2) is 4.99 Å². The maximum Gasteiger partial charge on any atom is 0.269 e. The summed E-state index contributed by atoms with van der Waals surface area (Å²) in [5, 5.41) is 4.82. The standard InChI is InChI=1S/C28H26N4O2S2/c1-4-29-21-15-14-20(18(2)33)16-22(21)30-28-32(17-19-10-6-5-7-11-19)26(34)25(36-28)27-31(3)23-12-8-9-13-24(23)35-27/h5-16,29H,4,17H2,1-3H3/b27-25-,30-28?. The molecule has 0 unspecified atom stereocenters. The Kier molecular flexibility index (Phi) is 6.89. The summed E-state index contributed by atoms with van der Waals surface area (Å²) < 4.78 is 0. The number of ketones is 1. The first kappa shape index (κ1) is 24.2. The van der Waals surface area contributed by atoms with E-state index in [-0.39, 0.29) is 11.7 Å². The number of hydrogen-bond acceptors (Lipinski definition) is 7. The molecule has 2 aliphatic rings. The Morgan fingerprint density at radius 2 is 1.75 bits per heavy atom. The molecular weight excluding hydrogens is 488 g/mol. The third-order valence-electron chi connectivity index (χ3n) is 5.97. The Labute approximate surface area is 219 Å². The topological polar surface area (TPSA) is 65.0 Å². The number of anilines is 2. The molecule has 1 amide bonds. The summed E-state index contributed by atoms with van der Waals surface area (Å²) in [5.74, 6) is -0.0992. The molecule has 5 rings (SSSR count). The number of amides is 1. The molecule has 8 heteroatoms.